The number of H-pyrrole nitrogens is 1. The number of fused-ring (bicyclic) bond motifs is 6. The fraction of sp³-hybridized carbons (Fsp3) is 0.261. The highest BCUT2D eigenvalue weighted by Crippen LogP contribution is 2.44. The largest absolute Gasteiger partial charge is 0.488 e. The monoisotopic (exact) mass is 449 g/mol. The number of halogens is 1. The standard InChI is InChI=1S/C23H20ClN5O3/c1-12-2-3-18-16(8-26-27-18)21(12)14-7-19-15(6-17(14)24)22-20(9-25-19)32-11-13-10-28(23(30)31)4-5-29(13)22/h2-3,6-9,13H,4-5,10-11H2,1H3,(H,26,27)(H,30,31)/t13-/m0/s1. The van der Waals surface area contributed by atoms with Crippen molar-refractivity contribution in [3.05, 3.63) is 47.2 Å². The average Bonchev–Trinajstić information content (AvgIpc) is 3.27. The molecular formula is C23H20ClN5O3. The zero-order valence-corrected chi connectivity index (χ0v) is 18.1. The lowest BCUT2D eigenvalue weighted by molar-refractivity contribution is 0.123. The predicted molar refractivity (Wildman–Crippen MR) is 123 cm³/mol. The van der Waals surface area contributed by atoms with Crippen LogP contribution in [0.3, 0.4) is 0 Å². The fourth-order valence-corrected chi connectivity index (χ4v) is 5.17. The smallest absolute Gasteiger partial charge is 0.407 e. The van der Waals surface area contributed by atoms with Gasteiger partial charge >= 0.3 is 6.09 Å². The molecule has 162 valence electrons. The Morgan fingerprint density at radius 3 is 2.97 bits per heavy atom. The van der Waals surface area contributed by atoms with Crippen LogP contribution in [0.5, 0.6) is 5.75 Å². The molecule has 0 spiro atoms. The van der Waals surface area contributed by atoms with Crippen LogP contribution in [0.15, 0.2) is 36.7 Å². The van der Waals surface area contributed by atoms with E-state index in [0.717, 1.165) is 44.2 Å². The third kappa shape index (κ3) is 2.79. The Kier molecular flexibility index (Phi) is 4.19. The molecule has 4 aromatic rings. The number of aromatic nitrogens is 3. The minimum absolute atomic E-state index is 0.0432. The molecule has 2 aliphatic heterocycles. The predicted octanol–water partition coefficient (Wildman–Crippen LogP) is 4.30. The summed E-state index contributed by atoms with van der Waals surface area (Å²) in [4.78, 5) is 19.8. The summed E-state index contributed by atoms with van der Waals surface area (Å²) >= 11 is 6.86. The summed E-state index contributed by atoms with van der Waals surface area (Å²) in [7, 11) is 0. The first-order chi connectivity index (χ1) is 15.5. The van der Waals surface area contributed by atoms with Gasteiger partial charge in [0.05, 0.1) is 35.2 Å². The van der Waals surface area contributed by atoms with Gasteiger partial charge in [-0.2, -0.15) is 5.10 Å². The van der Waals surface area contributed by atoms with Gasteiger partial charge in [-0.1, -0.05) is 17.7 Å². The lowest BCUT2D eigenvalue weighted by atomic mass is 9.95. The number of benzene rings is 2. The minimum Gasteiger partial charge on any atom is -0.488 e. The number of piperazine rings is 1. The molecule has 2 aliphatic rings. The van der Waals surface area contributed by atoms with Crippen molar-refractivity contribution in [1.29, 1.82) is 0 Å². The number of nitrogens with zero attached hydrogens (tertiary/aromatic N) is 4. The van der Waals surface area contributed by atoms with Gasteiger partial charge in [0.15, 0.2) is 5.75 Å². The Hall–Kier alpha value is -3.52. The van der Waals surface area contributed by atoms with Crippen LogP contribution < -0.4 is 9.64 Å². The minimum atomic E-state index is -0.897. The Morgan fingerprint density at radius 1 is 1.25 bits per heavy atom. The van der Waals surface area contributed by atoms with E-state index in [9.17, 15) is 9.90 Å². The molecule has 0 aliphatic carbocycles. The number of carbonyl (C=O) groups is 1. The number of anilines is 1. The van der Waals surface area contributed by atoms with Gasteiger partial charge in [-0.25, -0.2) is 4.79 Å². The highest BCUT2D eigenvalue weighted by atomic mass is 35.5. The van der Waals surface area contributed by atoms with Crippen LogP contribution in [-0.4, -0.2) is 63.6 Å². The summed E-state index contributed by atoms with van der Waals surface area (Å²) in [6, 6.07) is 7.99. The maximum Gasteiger partial charge on any atom is 0.407 e. The molecular weight excluding hydrogens is 430 g/mol. The first-order valence-corrected chi connectivity index (χ1v) is 10.8. The number of aryl methyl sites for hydroxylation is 1. The summed E-state index contributed by atoms with van der Waals surface area (Å²) in [6.45, 7) is 3.94. The quantitative estimate of drug-likeness (QED) is 0.450. The molecule has 6 rings (SSSR count). The number of nitrogens with one attached hydrogen (secondary N) is 1. The lowest BCUT2D eigenvalue weighted by Gasteiger charge is -2.45. The Bertz CT molecular complexity index is 1400. The Morgan fingerprint density at radius 2 is 2.12 bits per heavy atom. The highest BCUT2D eigenvalue weighted by Gasteiger charge is 2.36. The Balaban J connectivity index is 1.51. The number of pyridine rings is 1. The third-order valence-electron chi connectivity index (χ3n) is 6.47. The van der Waals surface area contributed by atoms with E-state index >= 15 is 0 Å². The average molecular weight is 450 g/mol. The Labute approximate surface area is 188 Å². The van der Waals surface area contributed by atoms with Crippen LogP contribution >= 0.6 is 11.6 Å². The topological polar surface area (TPSA) is 94.6 Å². The number of rotatable bonds is 1. The summed E-state index contributed by atoms with van der Waals surface area (Å²) in [5.74, 6) is 0.703. The molecule has 0 unspecified atom stereocenters. The molecule has 32 heavy (non-hydrogen) atoms. The van der Waals surface area contributed by atoms with E-state index in [1.165, 1.54) is 4.90 Å². The van der Waals surface area contributed by atoms with Crippen LogP contribution in [0.1, 0.15) is 5.56 Å². The van der Waals surface area contributed by atoms with E-state index in [1.807, 2.05) is 24.4 Å². The van der Waals surface area contributed by atoms with Crippen molar-refractivity contribution in [3.63, 3.8) is 0 Å². The van der Waals surface area contributed by atoms with Crippen molar-refractivity contribution in [2.75, 3.05) is 31.1 Å². The molecule has 9 heteroatoms. The van der Waals surface area contributed by atoms with Crippen molar-refractivity contribution in [2.24, 2.45) is 0 Å². The van der Waals surface area contributed by atoms with Crippen LogP contribution in [0.25, 0.3) is 32.9 Å². The van der Waals surface area contributed by atoms with Crippen molar-refractivity contribution in [3.8, 4) is 16.9 Å². The van der Waals surface area contributed by atoms with Crippen molar-refractivity contribution in [1.82, 2.24) is 20.1 Å². The molecule has 0 radical (unpaired) electrons. The number of ether oxygens (including phenoxy) is 1. The van der Waals surface area contributed by atoms with Gasteiger partial charge in [0.1, 0.15) is 6.61 Å². The maximum atomic E-state index is 11.4. The number of amides is 1. The molecule has 1 fully saturated rings. The van der Waals surface area contributed by atoms with Crippen LogP contribution in [0, 0.1) is 6.92 Å². The molecule has 4 heterocycles. The van der Waals surface area contributed by atoms with E-state index in [0.29, 0.717) is 37.0 Å². The molecule has 1 atom stereocenters. The summed E-state index contributed by atoms with van der Waals surface area (Å²) in [5, 5.41) is 19.1. The van der Waals surface area contributed by atoms with E-state index in [2.05, 4.69) is 33.1 Å². The fourth-order valence-electron chi connectivity index (χ4n) is 4.91. The lowest BCUT2D eigenvalue weighted by Crippen LogP contribution is -2.58. The van der Waals surface area contributed by atoms with Crippen LogP contribution in [-0.2, 0) is 0 Å². The highest BCUT2D eigenvalue weighted by molar-refractivity contribution is 6.35. The zero-order valence-electron chi connectivity index (χ0n) is 17.3. The van der Waals surface area contributed by atoms with Crippen molar-refractivity contribution < 1.29 is 14.6 Å². The number of carboxylic acid groups (broad SMARTS) is 1. The molecule has 2 N–H and O–H groups in total. The van der Waals surface area contributed by atoms with E-state index in [1.54, 1.807) is 6.20 Å². The maximum absolute atomic E-state index is 11.4. The van der Waals surface area contributed by atoms with E-state index in [-0.39, 0.29) is 6.04 Å². The van der Waals surface area contributed by atoms with Gasteiger partial charge in [-0.3, -0.25) is 10.1 Å². The summed E-state index contributed by atoms with van der Waals surface area (Å²) < 4.78 is 5.97. The van der Waals surface area contributed by atoms with Gasteiger partial charge < -0.3 is 19.6 Å². The van der Waals surface area contributed by atoms with Gasteiger partial charge in [0.25, 0.3) is 0 Å². The summed E-state index contributed by atoms with van der Waals surface area (Å²) in [5.41, 5.74) is 5.74. The second-order valence-corrected chi connectivity index (χ2v) is 8.70. The molecule has 8 nitrogen and oxygen atoms in total. The molecule has 0 bridgehead atoms. The molecule has 1 amide bonds. The number of hydrogen-bond donors (Lipinski definition) is 2. The third-order valence-corrected chi connectivity index (χ3v) is 6.78. The molecule has 1 saturated heterocycles. The van der Waals surface area contributed by atoms with E-state index < -0.39 is 6.09 Å². The molecule has 0 saturated carbocycles. The number of aromatic amines is 1. The first kappa shape index (κ1) is 19.2. The number of hydrogen-bond acceptors (Lipinski definition) is 5. The SMILES string of the molecule is Cc1ccc2[nH]ncc2c1-c1cc2ncc3c(c2cc1Cl)N1CCN(C(=O)O)C[C@H]1CO3. The van der Waals surface area contributed by atoms with Crippen LogP contribution in [0.4, 0.5) is 10.5 Å². The van der Waals surface area contributed by atoms with Crippen molar-refractivity contribution in [2.45, 2.75) is 13.0 Å². The van der Waals surface area contributed by atoms with Gasteiger partial charge in [0, 0.05) is 41.0 Å². The van der Waals surface area contributed by atoms with Crippen molar-refractivity contribution >= 4 is 45.2 Å². The second kappa shape index (κ2) is 7.00. The zero-order chi connectivity index (χ0) is 22.0. The van der Waals surface area contributed by atoms with E-state index in [4.69, 9.17) is 16.3 Å². The first-order valence-electron chi connectivity index (χ1n) is 10.4. The second-order valence-electron chi connectivity index (χ2n) is 8.30. The normalized spacial score (nSPS) is 17.9. The van der Waals surface area contributed by atoms with Gasteiger partial charge in [-0.05, 0) is 36.2 Å². The summed E-state index contributed by atoms with van der Waals surface area (Å²) in [6.07, 6.45) is 2.67. The molecule has 2 aromatic carbocycles. The van der Waals surface area contributed by atoms with Crippen LogP contribution in [0.2, 0.25) is 5.02 Å². The molecule has 2 aromatic heterocycles. The van der Waals surface area contributed by atoms with Gasteiger partial charge in [0.2, 0.25) is 0 Å². The van der Waals surface area contributed by atoms with Gasteiger partial charge in [-0.15, -0.1) is 0 Å².